The van der Waals surface area contributed by atoms with Gasteiger partial charge in [0.25, 0.3) is 0 Å². The van der Waals surface area contributed by atoms with Crippen molar-refractivity contribution in [3.05, 3.63) is 22.5 Å². The van der Waals surface area contributed by atoms with Gasteiger partial charge in [0.05, 0.1) is 12.6 Å². The average molecular weight is 395 g/mol. The lowest BCUT2D eigenvalue weighted by Gasteiger charge is -2.28. The molecule has 0 spiro atoms. The highest BCUT2D eigenvalue weighted by molar-refractivity contribution is 6.06. The second-order valence-electron chi connectivity index (χ2n) is 6.74. The number of ketones is 1. The molecule has 1 atom stereocenters. The zero-order chi connectivity index (χ0) is 21.4. The third-order valence-electron chi connectivity index (χ3n) is 5.01. The molecule has 0 saturated heterocycles. The van der Waals surface area contributed by atoms with Crippen molar-refractivity contribution in [3.63, 3.8) is 0 Å². The van der Waals surface area contributed by atoms with Crippen LogP contribution in [0.4, 0.5) is 0 Å². The summed E-state index contributed by atoms with van der Waals surface area (Å²) in [6, 6.07) is -0.621. The monoisotopic (exact) mass is 394 g/mol. The fraction of sp³-hybridized carbons (Fsp3) is 0.667. The first kappa shape index (κ1) is 23.9. The summed E-state index contributed by atoms with van der Waals surface area (Å²) in [6.45, 7) is 12.6. The van der Waals surface area contributed by atoms with Crippen LogP contribution in [0.25, 0.3) is 0 Å². The Morgan fingerprint density at radius 1 is 1.11 bits per heavy atom. The molecule has 7 heteroatoms. The second kappa shape index (κ2) is 11.0. The average Bonchev–Trinajstić information content (AvgIpc) is 2.89. The molecule has 28 heavy (non-hydrogen) atoms. The third-order valence-corrected chi connectivity index (χ3v) is 5.01. The molecule has 1 aromatic rings. The van der Waals surface area contributed by atoms with E-state index in [0.717, 1.165) is 0 Å². The first-order valence-corrected chi connectivity index (χ1v) is 9.97. The smallest absolute Gasteiger partial charge is 0.355 e. The van der Waals surface area contributed by atoms with E-state index in [-0.39, 0.29) is 18.3 Å². The van der Waals surface area contributed by atoms with Crippen LogP contribution >= 0.6 is 0 Å². The highest BCUT2D eigenvalue weighted by atomic mass is 16.5. The molecule has 0 fully saturated rings. The molecule has 158 valence electrons. The summed E-state index contributed by atoms with van der Waals surface area (Å²) >= 11 is 0. The molecule has 1 amide bonds. The summed E-state index contributed by atoms with van der Waals surface area (Å²) in [7, 11) is 1.74. The van der Waals surface area contributed by atoms with Gasteiger partial charge >= 0.3 is 5.97 Å². The SMILES string of the molecule is CCOCCCN(C(=O)CC)C(C)C(=O)c1c(C)c(C(=O)OCC)n(C)c1C. The lowest BCUT2D eigenvalue weighted by Crippen LogP contribution is -2.44. The standard InChI is InChI=1S/C21H34N2O5/c1-8-17(24)23(12-11-13-27-9-2)16(6)20(25)18-14(4)19(21(26)28-10-3)22(7)15(18)5/h16H,8-13H2,1-7H3. The van der Waals surface area contributed by atoms with Gasteiger partial charge in [-0.15, -0.1) is 0 Å². The minimum absolute atomic E-state index is 0.0748. The minimum Gasteiger partial charge on any atom is -0.461 e. The van der Waals surface area contributed by atoms with Crippen LogP contribution in [0, 0.1) is 13.8 Å². The van der Waals surface area contributed by atoms with Crippen LogP contribution in [0.1, 0.15) is 72.6 Å². The molecule has 0 aliphatic carbocycles. The van der Waals surface area contributed by atoms with Crippen molar-refractivity contribution < 1.29 is 23.9 Å². The van der Waals surface area contributed by atoms with Crippen molar-refractivity contribution in [1.29, 1.82) is 0 Å². The Morgan fingerprint density at radius 2 is 1.75 bits per heavy atom. The van der Waals surface area contributed by atoms with Crippen molar-refractivity contribution in [2.45, 2.75) is 60.4 Å². The second-order valence-corrected chi connectivity index (χ2v) is 6.74. The van der Waals surface area contributed by atoms with Gasteiger partial charge < -0.3 is 18.9 Å². The lowest BCUT2D eigenvalue weighted by molar-refractivity contribution is -0.132. The molecule has 0 N–H and O–H groups in total. The normalized spacial score (nSPS) is 12.0. The number of rotatable bonds is 11. The van der Waals surface area contributed by atoms with E-state index in [0.29, 0.717) is 55.1 Å². The number of hydrogen-bond donors (Lipinski definition) is 0. The Balaban J connectivity index is 3.18. The fourth-order valence-corrected chi connectivity index (χ4v) is 3.40. The molecule has 0 saturated carbocycles. The Kier molecular flexibility index (Phi) is 9.38. The summed E-state index contributed by atoms with van der Waals surface area (Å²) in [5.74, 6) is -0.691. The number of carbonyl (C=O) groups excluding carboxylic acids is 3. The van der Waals surface area contributed by atoms with Crippen LogP contribution in [-0.2, 0) is 21.3 Å². The number of amides is 1. The van der Waals surface area contributed by atoms with E-state index < -0.39 is 12.0 Å². The quantitative estimate of drug-likeness (QED) is 0.327. The molecule has 0 aliphatic heterocycles. The highest BCUT2D eigenvalue weighted by Crippen LogP contribution is 2.25. The molecule has 0 aliphatic rings. The van der Waals surface area contributed by atoms with Gasteiger partial charge in [0.2, 0.25) is 5.91 Å². The third kappa shape index (κ3) is 5.22. The maximum Gasteiger partial charge on any atom is 0.355 e. The number of esters is 1. The van der Waals surface area contributed by atoms with Crippen LogP contribution in [0.3, 0.4) is 0 Å². The zero-order valence-electron chi connectivity index (χ0n) is 18.3. The van der Waals surface area contributed by atoms with E-state index >= 15 is 0 Å². The summed E-state index contributed by atoms with van der Waals surface area (Å²) in [5, 5.41) is 0. The largest absolute Gasteiger partial charge is 0.461 e. The van der Waals surface area contributed by atoms with E-state index in [2.05, 4.69) is 0 Å². The molecule has 1 unspecified atom stereocenters. The molecular weight excluding hydrogens is 360 g/mol. The Bertz CT molecular complexity index is 708. The van der Waals surface area contributed by atoms with Gasteiger partial charge in [0, 0.05) is 44.5 Å². The van der Waals surface area contributed by atoms with E-state index in [1.54, 1.807) is 51.1 Å². The number of hydrogen-bond acceptors (Lipinski definition) is 5. The van der Waals surface area contributed by atoms with Crippen molar-refractivity contribution in [1.82, 2.24) is 9.47 Å². The van der Waals surface area contributed by atoms with Crippen molar-refractivity contribution in [2.75, 3.05) is 26.4 Å². The molecule has 1 rings (SSSR count). The topological polar surface area (TPSA) is 77.8 Å². The van der Waals surface area contributed by atoms with E-state index in [4.69, 9.17) is 9.47 Å². The van der Waals surface area contributed by atoms with Crippen molar-refractivity contribution >= 4 is 17.7 Å². The zero-order valence-corrected chi connectivity index (χ0v) is 18.3. The van der Waals surface area contributed by atoms with Gasteiger partial charge in [-0.2, -0.15) is 0 Å². The van der Waals surface area contributed by atoms with Crippen molar-refractivity contribution in [2.24, 2.45) is 7.05 Å². The molecule has 0 aromatic carbocycles. The van der Waals surface area contributed by atoms with Crippen LogP contribution in [0.5, 0.6) is 0 Å². The molecule has 1 aromatic heterocycles. The fourth-order valence-electron chi connectivity index (χ4n) is 3.40. The molecule has 0 radical (unpaired) electrons. The summed E-state index contributed by atoms with van der Waals surface area (Å²) in [6.07, 6.45) is 0.991. The van der Waals surface area contributed by atoms with E-state index in [1.807, 2.05) is 6.92 Å². The Labute approximate surface area is 168 Å². The number of carbonyl (C=O) groups is 3. The lowest BCUT2D eigenvalue weighted by atomic mass is 9.99. The summed E-state index contributed by atoms with van der Waals surface area (Å²) in [4.78, 5) is 39.6. The number of ether oxygens (including phenoxy) is 2. The van der Waals surface area contributed by atoms with Crippen LogP contribution in [0.2, 0.25) is 0 Å². The van der Waals surface area contributed by atoms with Gasteiger partial charge in [-0.25, -0.2) is 4.79 Å². The summed E-state index contributed by atoms with van der Waals surface area (Å²) < 4.78 is 12.2. The molecular formula is C21H34N2O5. The Morgan fingerprint density at radius 3 is 2.29 bits per heavy atom. The van der Waals surface area contributed by atoms with Gasteiger partial charge in [-0.05, 0) is 46.6 Å². The van der Waals surface area contributed by atoms with Crippen LogP contribution in [0.15, 0.2) is 0 Å². The molecule has 7 nitrogen and oxygen atoms in total. The predicted molar refractivity (Wildman–Crippen MR) is 108 cm³/mol. The van der Waals surface area contributed by atoms with Gasteiger partial charge in [-0.1, -0.05) is 6.92 Å². The number of nitrogens with zero attached hydrogens (tertiary/aromatic N) is 2. The van der Waals surface area contributed by atoms with Crippen LogP contribution in [-0.4, -0.2) is 59.5 Å². The number of Topliss-reactive ketones (excluding diaryl/α,β-unsaturated/α-hetero) is 1. The minimum atomic E-state index is -0.621. The van der Waals surface area contributed by atoms with Crippen LogP contribution < -0.4 is 0 Å². The first-order chi connectivity index (χ1) is 13.2. The maximum atomic E-state index is 13.3. The predicted octanol–water partition coefficient (Wildman–Crippen LogP) is 3.06. The molecule has 0 bridgehead atoms. The Hall–Kier alpha value is -2.15. The summed E-state index contributed by atoms with van der Waals surface area (Å²) in [5.41, 5.74) is 2.14. The van der Waals surface area contributed by atoms with E-state index in [1.165, 1.54) is 0 Å². The van der Waals surface area contributed by atoms with Gasteiger partial charge in [0.15, 0.2) is 5.78 Å². The number of aromatic nitrogens is 1. The highest BCUT2D eigenvalue weighted by Gasteiger charge is 2.31. The van der Waals surface area contributed by atoms with E-state index in [9.17, 15) is 14.4 Å². The molecule has 1 heterocycles. The first-order valence-electron chi connectivity index (χ1n) is 9.97. The van der Waals surface area contributed by atoms with Gasteiger partial charge in [0.1, 0.15) is 5.69 Å². The van der Waals surface area contributed by atoms with Gasteiger partial charge in [-0.3, -0.25) is 9.59 Å². The maximum absolute atomic E-state index is 13.3. The van der Waals surface area contributed by atoms with Crippen molar-refractivity contribution in [3.8, 4) is 0 Å².